The number of nitriles is 1. The van der Waals surface area contributed by atoms with E-state index in [0.29, 0.717) is 32.1 Å². The van der Waals surface area contributed by atoms with Gasteiger partial charge >= 0.3 is 6.09 Å². The van der Waals surface area contributed by atoms with E-state index in [1.54, 1.807) is 0 Å². The van der Waals surface area contributed by atoms with Crippen molar-refractivity contribution in [3.8, 4) is 6.07 Å². The van der Waals surface area contributed by atoms with Crippen molar-refractivity contribution in [2.24, 2.45) is 23.5 Å². The molecule has 13 nitrogen and oxygen atoms in total. The Kier molecular flexibility index (Phi) is 13.1. The lowest BCUT2D eigenvalue weighted by atomic mass is 9.79. The van der Waals surface area contributed by atoms with Gasteiger partial charge in [0.05, 0.1) is 30.5 Å². The predicted molar refractivity (Wildman–Crippen MR) is 158 cm³/mol. The summed E-state index contributed by atoms with van der Waals surface area (Å²) in [7, 11) is 0. The molecule has 3 rings (SSSR count). The standard InChI is InChI=1S/C31H42N6O7/c1-20-15-25(37(18-20)26(38)17-35-29(41)23-12-6-5-11-22(23)16-32)30(42)36-24(27(39)28(33)40)13-7-8-14-34-31(43)44-19-21-9-3-2-4-10-21/h2-4,9-10,20,22-25H,5-8,11-15,17-19H2,1H3,(H2,33,40)(H,34,43)(H,35,41)(H,36,42)/t20-,22?,23?,24?,25-/m0/s1. The van der Waals surface area contributed by atoms with E-state index < -0.39 is 47.6 Å². The molecule has 5 amide bonds. The molecule has 1 saturated carbocycles. The third kappa shape index (κ3) is 10.1. The van der Waals surface area contributed by atoms with Gasteiger partial charge in [-0.2, -0.15) is 5.26 Å². The van der Waals surface area contributed by atoms with Crippen LogP contribution in [-0.4, -0.2) is 72.1 Å². The van der Waals surface area contributed by atoms with Crippen LogP contribution in [0.3, 0.4) is 0 Å². The van der Waals surface area contributed by atoms with Gasteiger partial charge in [-0.3, -0.25) is 24.0 Å². The van der Waals surface area contributed by atoms with Gasteiger partial charge in [0.1, 0.15) is 12.6 Å². The Morgan fingerprint density at radius 3 is 2.48 bits per heavy atom. The zero-order valence-corrected chi connectivity index (χ0v) is 25.1. The van der Waals surface area contributed by atoms with Gasteiger partial charge in [-0.15, -0.1) is 0 Å². The normalized spacial score (nSPS) is 21.8. The van der Waals surface area contributed by atoms with Crippen molar-refractivity contribution in [1.29, 1.82) is 5.26 Å². The number of hydrogen-bond donors (Lipinski definition) is 4. The van der Waals surface area contributed by atoms with Crippen LogP contribution >= 0.6 is 0 Å². The smallest absolute Gasteiger partial charge is 0.407 e. The third-order valence-electron chi connectivity index (χ3n) is 8.09. The van der Waals surface area contributed by atoms with Gasteiger partial charge in [-0.05, 0) is 50.0 Å². The molecule has 1 aliphatic carbocycles. The molecule has 0 aromatic heterocycles. The number of Topliss-reactive ketones (excluding diaryl/α,β-unsaturated/α-hetero) is 1. The summed E-state index contributed by atoms with van der Waals surface area (Å²) in [5, 5.41) is 17.2. The molecule has 44 heavy (non-hydrogen) atoms. The Balaban J connectivity index is 1.48. The number of likely N-dealkylation sites (tertiary alicyclic amines) is 1. The number of hydrogen-bond acceptors (Lipinski definition) is 8. The first-order valence-corrected chi connectivity index (χ1v) is 15.2. The van der Waals surface area contributed by atoms with E-state index in [9.17, 15) is 34.0 Å². The fourth-order valence-corrected chi connectivity index (χ4v) is 5.71. The van der Waals surface area contributed by atoms with Gasteiger partial charge in [0.15, 0.2) is 0 Å². The molecule has 1 aromatic carbocycles. The Hall–Kier alpha value is -4.47. The average Bonchev–Trinajstić information content (AvgIpc) is 3.43. The molecular formula is C31H42N6O7. The first-order valence-electron chi connectivity index (χ1n) is 15.2. The number of nitrogens with two attached hydrogens (primary N) is 1. The quantitative estimate of drug-likeness (QED) is 0.178. The van der Waals surface area contributed by atoms with Crippen LogP contribution in [0.5, 0.6) is 0 Å². The van der Waals surface area contributed by atoms with Crippen molar-refractivity contribution in [3.63, 3.8) is 0 Å². The number of nitrogens with zero attached hydrogens (tertiary/aromatic N) is 2. The minimum atomic E-state index is -1.19. The molecule has 238 valence electrons. The lowest BCUT2D eigenvalue weighted by Crippen LogP contribution is -2.54. The molecule has 1 aromatic rings. The van der Waals surface area contributed by atoms with Crippen LogP contribution in [0.2, 0.25) is 0 Å². The monoisotopic (exact) mass is 610 g/mol. The van der Waals surface area contributed by atoms with E-state index in [0.717, 1.165) is 18.4 Å². The highest BCUT2D eigenvalue weighted by Crippen LogP contribution is 2.29. The predicted octanol–water partition coefficient (Wildman–Crippen LogP) is 1.31. The van der Waals surface area contributed by atoms with Gasteiger partial charge in [0, 0.05) is 13.1 Å². The maximum atomic E-state index is 13.3. The second-order valence-electron chi connectivity index (χ2n) is 11.5. The van der Waals surface area contributed by atoms with Crippen LogP contribution in [0.1, 0.15) is 63.9 Å². The summed E-state index contributed by atoms with van der Waals surface area (Å²) in [6, 6.07) is 9.31. The van der Waals surface area contributed by atoms with E-state index in [4.69, 9.17) is 10.5 Å². The number of nitrogens with one attached hydrogen (secondary N) is 3. The van der Waals surface area contributed by atoms with Gasteiger partial charge in [0.2, 0.25) is 23.5 Å². The van der Waals surface area contributed by atoms with E-state index in [2.05, 4.69) is 22.0 Å². The molecule has 2 aliphatic rings. The highest BCUT2D eigenvalue weighted by molar-refractivity contribution is 6.37. The van der Waals surface area contributed by atoms with E-state index in [1.165, 1.54) is 4.90 Å². The second kappa shape index (κ2) is 17.0. The molecule has 0 spiro atoms. The van der Waals surface area contributed by atoms with Crippen molar-refractivity contribution in [2.75, 3.05) is 19.6 Å². The highest BCUT2D eigenvalue weighted by atomic mass is 16.5. The number of alkyl carbamates (subject to hydrolysis) is 1. The minimum absolute atomic E-state index is 0.00951. The van der Waals surface area contributed by atoms with E-state index in [1.807, 2.05) is 37.3 Å². The first-order chi connectivity index (χ1) is 21.1. The Bertz CT molecular complexity index is 1230. The number of benzene rings is 1. The fraction of sp³-hybridized carbons (Fsp3) is 0.581. The van der Waals surface area contributed by atoms with Gasteiger partial charge in [0.25, 0.3) is 5.91 Å². The molecule has 5 atom stereocenters. The number of ketones is 1. The molecule has 1 saturated heterocycles. The first kappa shape index (κ1) is 34.0. The maximum Gasteiger partial charge on any atom is 0.407 e. The zero-order valence-electron chi connectivity index (χ0n) is 25.1. The number of carbonyl (C=O) groups is 6. The van der Waals surface area contributed by atoms with Crippen molar-refractivity contribution in [2.45, 2.75) is 77.0 Å². The molecule has 0 bridgehead atoms. The Labute approximate surface area is 257 Å². The number of rotatable bonds is 14. The second-order valence-corrected chi connectivity index (χ2v) is 11.5. The minimum Gasteiger partial charge on any atom is -0.445 e. The van der Waals surface area contributed by atoms with Crippen LogP contribution < -0.4 is 21.7 Å². The number of amides is 5. The van der Waals surface area contributed by atoms with Gasteiger partial charge in [-0.1, -0.05) is 50.1 Å². The highest BCUT2D eigenvalue weighted by Gasteiger charge is 2.40. The van der Waals surface area contributed by atoms with Crippen molar-refractivity contribution >= 4 is 35.5 Å². The van der Waals surface area contributed by atoms with Gasteiger partial charge < -0.3 is 31.3 Å². The fourth-order valence-electron chi connectivity index (χ4n) is 5.71. The summed E-state index contributed by atoms with van der Waals surface area (Å²) in [5.41, 5.74) is 6.07. The lowest BCUT2D eigenvalue weighted by Gasteiger charge is -2.28. The summed E-state index contributed by atoms with van der Waals surface area (Å²) in [4.78, 5) is 76.6. The summed E-state index contributed by atoms with van der Waals surface area (Å²) >= 11 is 0. The number of carbonyl (C=O) groups excluding carboxylic acids is 6. The van der Waals surface area contributed by atoms with Crippen LogP contribution in [0.15, 0.2) is 30.3 Å². The Morgan fingerprint density at radius 2 is 1.77 bits per heavy atom. The van der Waals surface area contributed by atoms with Crippen LogP contribution in [0.25, 0.3) is 0 Å². The van der Waals surface area contributed by atoms with Crippen molar-refractivity contribution in [3.05, 3.63) is 35.9 Å². The zero-order chi connectivity index (χ0) is 32.1. The maximum absolute atomic E-state index is 13.3. The molecule has 3 unspecified atom stereocenters. The van der Waals surface area contributed by atoms with Crippen LogP contribution in [0, 0.1) is 29.1 Å². The number of ether oxygens (including phenoxy) is 1. The summed E-state index contributed by atoms with van der Waals surface area (Å²) in [6.45, 7) is 2.24. The summed E-state index contributed by atoms with van der Waals surface area (Å²) < 4.78 is 5.15. The molecule has 1 heterocycles. The van der Waals surface area contributed by atoms with Crippen molar-refractivity contribution < 1.29 is 33.5 Å². The largest absolute Gasteiger partial charge is 0.445 e. The third-order valence-corrected chi connectivity index (χ3v) is 8.09. The molecule has 13 heteroatoms. The topological polar surface area (TPSA) is 201 Å². The lowest BCUT2D eigenvalue weighted by molar-refractivity contribution is -0.141. The summed E-state index contributed by atoms with van der Waals surface area (Å²) in [6.07, 6.45) is 3.65. The average molecular weight is 611 g/mol. The van der Waals surface area contributed by atoms with E-state index >= 15 is 0 Å². The van der Waals surface area contributed by atoms with E-state index in [-0.39, 0.29) is 50.4 Å². The van der Waals surface area contributed by atoms with Crippen LogP contribution in [0.4, 0.5) is 4.79 Å². The Morgan fingerprint density at radius 1 is 1.05 bits per heavy atom. The van der Waals surface area contributed by atoms with Crippen molar-refractivity contribution in [1.82, 2.24) is 20.9 Å². The molecule has 0 radical (unpaired) electrons. The van der Waals surface area contributed by atoms with Crippen LogP contribution in [-0.2, 0) is 35.3 Å². The SMILES string of the molecule is C[C@H]1C[C@@H](C(=O)NC(CCCCNC(=O)OCc2ccccc2)C(=O)C(N)=O)N(C(=O)CNC(=O)C2CCCCC2C#N)C1. The molecule has 5 N–H and O–H groups in total. The molecular weight excluding hydrogens is 568 g/mol. The van der Waals surface area contributed by atoms with Gasteiger partial charge in [-0.25, -0.2) is 4.79 Å². The number of unbranched alkanes of at least 4 members (excludes halogenated alkanes) is 1. The summed E-state index contributed by atoms with van der Waals surface area (Å²) in [5.74, 6) is -4.38. The molecule has 2 fully saturated rings. The number of primary amides is 1. The molecule has 1 aliphatic heterocycles.